The Kier molecular flexibility index (Phi) is 6.63. The fourth-order valence-electron chi connectivity index (χ4n) is 3.37. The smallest absolute Gasteiger partial charge is 0.224 e. The van der Waals surface area contributed by atoms with E-state index in [1.807, 2.05) is 19.1 Å². The zero-order chi connectivity index (χ0) is 16.2. The number of amides is 2. The number of rotatable bonds is 5. The van der Waals surface area contributed by atoms with Gasteiger partial charge in [-0.05, 0) is 62.4 Å². The highest BCUT2D eigenvalue weighted by molar-refractivity contribution is 5.93. The first-order valence-electron chi connectivity index (χ1n) is 8.54. The Morgan fingerprint density at radius 2 is 2.21 bits per heavy atom. The van der Waals surface area contributed by atoms with Crippen molar-refractivity contribution in [2.75, 3.05) is 18.4 Å². The van der Waals surface area contributed by atoms with Crippen LogP contribution in [0.4, 0.5) is 5.69 Å². The normalized spacial score (nSPS) is 20.5. The molecule has 0 aromatic heterocycles. The molecule has 1 aromatic rings. The third-order valence-corrected chi connectivity index (χ3v) is 4.84. The Bertz CT molecular complexity index is 600. The maximum absolute atomic E-state index is 12.1. The van der Waals surface area contributed by atoms with Gasteiger partial charge in [0.05, 0.1) is 6.04 Å². The number of halogens is 1. The van der Waals surface area contributed by atoms with E-state index in [9.17, 15) is 9.59 Å². The van der Waals surface area contributed by atoms with Crippen LogP contribution in [0.15, 0.2) is 18.2 Å². The second kappa shape index (κ2) is 8.49. The maximum atomic E-state index is 12.1. The average molecular weight is 352 g/mol. The number of benzene rings is 1. The Labute approximate surface area is 149 Å². The summed E-state index contributed by atoms with van der Waals surface area (Å²) < 4.78 is 0. The van der Waals surface area contributed by atoms with Gasteiger partial charge in [0.2, 0.25) is 11.8 Å². The minimum atomic E-state index is -0.00729. The lowest BCUT2D eigenvalue weighted by molar-refractivity contribution is -0.122. The van der Waals surface area contributed by atoms with Crippen molar-refractivity contribution in [1.29, 1.82) is 0 Å². The fourth-order valence-corrected chi connectivity index (χ4v) is 3.37. The number of aryl methyl sites for hydroxylation is 1. The molecule has 3 N–H and O–H groups in total. The molecule has 5 nitrogen and oxygen atoms in total. The third-order valence-electron chi connectivity index (χ3n) is 4.84. The van der Waals surface area contributed by atoms with E-state index in [1.165, 1.54) is 6.42 Å². The molecule has 132 valence electrons. The molecule has 0 spiro atoms. The first kappa shape index (κ1) is 18.7. The molecule has 24 heavy (non-hydrogen) atoms. The highest BCUT2D eigenvalue weighted by atomic mass is 35.5. The Morgan fingerprint density at radius 1 is 1.38 bits per heavy atom. The molecule has 0 aliphatic carbocycles. The van der Waals surface area contributed by atoms with Crippen molar-refractivity contribution in [3.05, 3.63) is 29.3 Å². The van der Waals surface area contributed by atoms with Gasteiger partial charge in [0.25, 0.3) is 0 Å². The monoisotopic (exact) mass is 351 g/mol. The van der Waals surface area contributed by atoms with Crippen molar-refractivity contribution in [3.8, 4) is 0 Å². The molecule has 6 heteroatoms. The van der Waals surface area contributed by atoms with E-state index in [2.05, 4.69) is 22.0 Å². The highest BCUT2D eigenvalue weighted by Crippen LogP contribution is 2.26. The molecular weight excluding hydrogens is 326 g/mol. The van der Waals surface area contributed by atoms with Crippen LogP contribution in [0.25, 0.3) is 0 Å². The van der Waals surface area contributed by atoms with Crippen molar-refractivity contribution in [2.24, 2.45) is 5.92 Å². The Balaban J connectivity index is 0.00000208. The Hall–Kier alpha value is -1.59. The number of nitrogens with one attached hydrogen (secondary N) is 3. The third kappa shape index (κ3) is 4.71. The summed E-state index contributed by atoms with van der Waals surface area (Å²) in [6.45, 7) is 4.13. The molecule has 0 radical (unpaired) electrons. The molecular formula is C18H26ClN3O2. The number of hydrogen-bond acceptors (Lipinski definition) is 3. The van der Waals surface area contributed by atoms with E-state index < -0.39 is 0 Å². The molecule has 2 atom stereocenters. The maximum Gasteiger partial charge on any atom is 0.224 e. The SMILES string of the molecule is CC(NC(=O)CCC1CCNC1)c1ccc2c(c1)CCC(=O)N2.Cl. The van der Waals surface area contributed by atoms with Crippen molar-refractivity contribution in [2.45, 2.75) is 45.1 Å². The molecule has 1 aromatic carbocycles. The number of fused-ring (bicyclic) bond motifs is 1. The van der Waals surface area contributed by atoms with Crippen LogP contribution in [-0.2, 0) is 16.0 Å². The van der Waals surface area contributed by atoms with E-state index in [0.29, 0.717) is 18.8 Å². The van der Waals surface area contributed by atoms with Crippen molar-refractivity contribution < 1.29 is 9.59 Å². The van der Waals surface area contributed by atoms with Gasteiger partial charge in [0.15, 0.2) is 0 Å². The van der Waals surface area contributed by atoms with Gasteiger partial charge in [-0.3, -0.25) is 9.59 Å². The summed E-state index contributed by atoms with van der Waals surface area (Å²) in [7, 11) is 0. The molecule has 2 heterocycles. The lowest BCUT2D eigenvalue weighted by Crippen LogP contribution is -2.27. The molecule has 2 aliphatic rings. The van der Waals surface area contributed by atoms with E-state index in [-0.39, 0.29) is 30.3 Å². The summed E-state index contributed by atoms with van der Waals surface area (Å²) in [5.41, 5.74) is 3.15. The summed E-state index contributed by atoms with van der Waals surface area (Å²) in [6.07, 6.45) is 4.04. The minimum absolute atomic E-state index is 0. The van der Waals surface area contributed by atoms with E-state index in [4.69, 9.17) is 0 Å². The summed E-state index contributed by atoms with van der Waals surface area (Å²) in [4.78, 5) is 23.5. The number of anilines is 1. The molecule has 1 saturated heterocycles. The summed E-state index contributed by atoms with van der Waals surface area (Å²) >= 11 is 0. The van der Waals surface area contributed by atoms with E-state index in [1.54, 1.807) is 0 Å². The molecule has 2 amide bonds. The van der Waals surface area contributed by atoms with Crippen LogP contribution in [0, 0.1) is 5.92 Å². The van der Waals surface area contributed by atoms with Gasteiger partial charge in [-0.25, -0.2) is 0 Å². The highest BCUT2D eigenvalue weighted by Gasteiger charge is 2.19. The molecule has 0 bridgehead atoms. The summed E-state index contributed by atoms with van der Waals surface area (Å²) in [5.74, 6) is 0.840. The van der Waals surface area contributed by atoms with Crippen LogP contribution in [0.2, 0.25) is 0 Å². The van der Waals surface area contributed by atoms with Crippen LogP contribution in [0.5, 0.6) is 0 Å². The standard InChI is InChI=1S/C18H25N3O2.ClH/c1-12(20-17(22)6-2-13-8-9-19-11-13)14-3-5-16-15(10-14)4-7-18(23)21-16;/h3,5,10,12-13,19H,2,4,6-9,11H2,1H3,(H,20,22)(H,21,23);1H. The van der Waals surface area contributed by atoms with Crippen LogP contribution >= 0.6 is 12.4 Å². The summed E-state index contributed by atoms with van der Waals surface area (Å²) in [5, 5.41) is 9.31. The quantitative estimate of drug-likeness (QED) is 0.763. The molecule has 2 aliphatic heterocycles. The summed E-state index contributed by atoms with van der Waals surface area (Å²) in [6, 6.07) is 6.01. The van der Waals surface area contributed by atoms with Gasteiger partial charge in [0, 0.05) is 18.5 Å². The van der Waals surface area contributed by atoms with Crippen molar-refractivity contribution in [1.82, 2.24) is 10.6 Å². The number of carbonyl (C=O) groups is 2. The second-order valence-electron chi connectivity index (χ2n) is 6.65. The van der Waals surface area contributed by atoms with Crippen molar-refractivity contribution >= 4 is 29.9 Å². The molecule has 0 saturated carbocycles. The second-order valence-corrected chi connectivity index (χ2v) is 6.65. The van der Waals surface area contributed by atoms with Gasteiger partial charge in [0.1, 0.15) is 0 Å². The molecule has 1 fully saturated rings. The zero-order valence-corrected chi connectivity index (χ0v) is 14.9. The topological polar surface area (TPSA) is 70.2 Å². The van der Waals surface area contributed by atoms with Gasteiger partial charge >= 0.3 is 0 Å². The fraction of sp³-hybridized carbons (Fsp3) is 0.556. The van der Waals surface area contributed by atoms with Gasteiger partial charge < -0.3 is 16.0 Å². The van der Waals surface area contributed by atoms with E-state index in [0.717, 1.165) is 42.7 Å². The lowest BCUT2D eigenvalue weighted by atomic mass is 9.97. The number of hydrogen-bond donors (Lipinski definition) is 3. The van der Waals surface area contributed by atoms with Gasteiger partial charge in [-0.1, -0.05) is 12.1 Å². The number of carbonyl (C=O) groups excluding carboxylic acids is 2. The molecule has 3 rings (SSSR count). The lowest BCUT2D eigenvalue weighted by Gasteiger charge is -2.20. The largest absolute Gasteiger partial charge is 0.350 e. The first-order chi connectivity index (χ1) is 11.1. The van der Waals surface area contributed by atoms with Crippen LogP contribution < -0.4 is 16.0 Å². The Morgan fingerprint density at radius 3 is 2.96 bits per heavy atom. The van der Waals surface area contributed by atoms with E-state index >= 15 is 0 Å². The van der Waals surface area contributed by atoms with Crippen LogP contribution in [0.1, 0.15) is 49.8 Å². The van der Waals surface area contributed by atoms with Crippen LogP contribution in [0.3, 0.4) is 0 Å². The zero-order valence-electron chi connectivity index (χ0n) is 14.1. The minimum Gasteiger partial charge on any atom is -0.350 e. The van der Waals surface area contributed by atoms with Gasteiger partial charge in [-0.2, -0.15) is 0 Å². The van der Waals surface area contributed by atoms with Crippen molar-refractivity contribution in [3.63, 3.8) is 0 Å². The average Bonchev–Trinajstić information content (AvgIpc) is 3.05. The van der Waals surface area contributed by atoms with Gasteiger partial charge in [-0.15, -0.1) is 12.4 Å². The van der Waals surface area contributed by atoms with Crippen LogP contribution in [-0.4, -0.2) is 24.9 Å². The predicted molar refractivity (Wildman–Crippen MR) is 97.4 cm³/mol. The molecule has 2 unspecified atom stereocenters. The first-order valence-corrected chi connectivity index (χ1v) is 8.54. The predicted octanol–water partition coefficient (Wildman–Crippen LogP) is 2.56.